The van der Waals surface area contributed by atoms with E-state index < -0.39 is 23.1 Å². The van der Waals surface area contributed by atoms with E-state index >= 15 is 0 Å². The first-order valence-electron chi connectivity index (χ1n) is 7.13. The number of nitrogens with zero attached hydrogens (tertiary/aromatic N) is 2. The van der Waals surface area contributed by atoms with Crippen LogP contribution in [0.3, 0.4) is 0 Å². The molecule has 1 atom stereocenters. The van der Waals surface area contributed by atoms with Crippen molar-refractivity contribution in [1.82, 2.24) is 9.78 Å². The summed E-state index contributed by atoms with van der Waals surface area (Å²) in [5.74, 6) is 0. The van der Waals surface area contributed by atoms with E-state index in [9.17, 15) is 21.9 Å². The fourth-order valence-corrected chi connectivity index (χ4v) is 2.76. The van der Waals surface area contributed by atoms with E-state index in [1.54, 1.807) is 24.3 Å². The number of aromatic nitrogens is 2. The Labute approximate surface area is 153 Å². The summed E-state index contributed by atoms with van der Waals surface area (Å²) in [5.41, 5.74) is 0.304. The van der Waals surface area contributed by atoms with E-state index in [4.69, 9.17) is 11.6 Å². The molecule has 26 heavy (non-hydrogen) atoms. The van der Waals surface area contributed by atoms with Crippen molar-refractivity contribution in [3.05, 3.63) is 65.3 Å². The van der Waals surface area contributed by atoms with Crippen molar-refractivity contribution in [2.75, 3.05) is 4.72 Å². The van der Waals surface area contributed by atoms with E-state index in [-0.39, 0.29) is 11.4 Å². The molecule has 1 N–H and O–H groups in total. The molecule has 1 unspecified atom stereocenters. The SMILES string of the molecule is O=S([O-])Nc1ccc(-n2nc(C(F)(F)F)cc2-c2ccc(Cl)cc2)cc1. The van der Waals surface area contributed by atoms with Crippen molar-refractivity contribution >= 4 is 28.6 Å². The topological polar surface area (TPSA) is 70.0 Å². The molecule has 5 nitrogen and oxygen atoms in total. The van der Waals surface area contributed by atoms with Crippen LogP contribution in [0.4, 0.5) is 18.9 Å². The zero-order valence-electron chi connectivity index (χ0n) is 12.8. The molecule has 0 aliphatic heterocycles. The lowest BCUT2D eigenvalue weighted by atomic mass is 10.1. The first-order chi connectivity index (χ1) is 12.2. The van der Waals surface area contributed by atoms with Crippen molar-refractivity contribution < 1.29 is 21.9 Å². The van der Waals surface area contributed by atoms with Crippen LogP contribution in [0.5, 0.6) is 0 Å². The van der Waals surface area contributed by atoms with E-state index in [0.717, 1.165) is 10.7 Å². The van der Waals surface area contributed by atoms with Gasteiger partial charge < -0.3 is 9.27 Å². The third-order valence-electron chi connectivity index (χ3n) is 3.45. The number of alkyl halides is 3. The summed E-state index contributed by atoms with van der Waals surface area (Å²) >= 11 is 3.34. The van der Waals surface area contributed by atoms with Gasteiger partial charge in [-0.1, -0.05) is 23.7 Å². The molecule has 2 aromatic carbocycles. The maximum Gasteiger partial charge on any atom is 0.435 e. The van der Waals surface area contributed by atoms with Crippen molar-refractivity contribution in [2.45, 2.75) is 6.18 Å². The molecule has 10 heteroatoms. The van der Waals surface area contributed by atoms with Crippen LogP contribution in [0.15, 0.2) is 54.6 Å². The fourth-order valence-electron chi connectivity index (χ4n) is 2.31. The van der Waals surface area contributed by atoms with Crippen molar-refractivity contribution in [1.29, 1.82) is 0 Å². The lowest BCUT2D eigenvalue weighted by Gasteiger charge is -2.11. The first-order valence-corrected chi connectivity index (χ1v) is 8.59. The molecule has 3 rings (SSSR count). The molecule has 0 saturated heterocycles. The molecule has 136 valence electrons. The number of benzene rings is 2. The smallest absolute Gasteiger partial charge is 0.435 e. The minimum atomic E-state index is -4.60. The van der Waals surface area contributed by atoms with Gasteiger partial charge in [0.05, 0.1) is 11.4 Å². The van der Waals surface area contributed by atoms with Gasteiger partial charge in [0.25, 0.3) is 0 Å². The van der Waals surface area contributed by atoms with Crippen LogP contribution < -0.4 is 4.72 Å². The number of rotatable bonds is 4. The van der Waals surface area contributed by atoms with Gasteiger partial charge in [0.2, 0.25) is 0 Å². The average molecular weight is 401 g/mol. The van der Waals surface area contributed by atoms with Crippen molar-refractivity contribution in [2.24, 2.45) is 0 Å². The second kappa shape index (κ2) is 7.10. The minimum absolute atomic E-state index is 0.224. The summed E-state index contributed by atoms with van der Waals surface area (Å²) in [5, 5.41) is 4.11. The van der Waals surface area contributed by atoms with Gasteiger partial charge in [0, 0.05) is 27.5 Å². The van der Waals surface area contributed by atoms with Crippen LogP contribution in [0, 0.1) is 0 Å². The van der Waals surface area contributed by atoms with Crippen LogP contribution in [-0.2, 0) is 17.4 Å². The summed E-state index contributed by atoms with van der Waals surface area (Å²) in [6.07, 6.45) is -4.60. The normalized spacial score (nSPS) is 12.8. The lowest BCUT2D eigenvalue weighted by Crippen LogP contribution is -2.07. The third kappa shape index (κ3) is 4.06. The second-order valence-electron chi connectivity index (χ2n) is 5.21. The Bertz CT molecular complexity index is 941. The Morgan fingerprint density at radius 3 is 2.23 bits per heavy atom. The summed E-state index contributed by atoms with van der Waals surface area (Å²) in [7, 11) is 0. The van der Waals surface area contributed by atoms with Crippen LogP contribution in [0.1, 0.15) is 5.69 Å². The molecule has 0 spiro atoms. The Balaban J connectivity index is 2.08. The highest BCUT2D eigenvalue weighted by molar-refractivity contribution is 7.80. The largest absolute Gasteiger partial charge is 0.755 e. The zero-order valence-corrected chi connectivity index (χ0v) is 14.4. The Hall–Kier alpha value is -2.36. The molecule has 0 aliphatic rings. The summed E-state index contributed by atoms with van der Waals surface area (Å²) < 4.78 is 63.9. The summed E-state index contributed by atoms with van der Waals surface area (Å²) in [4.78, 5) is 0. The maximum atomic E-state index is 13.1. The van der Waals surface area contributed by atoms with E-state index in [1.165, 1.54) is 24.3 Å². The predicted octanol–water partition coefficient (Wildman–Crippen LogP) is 4.42. The minimum Gasteiger partial charge on any atom is -0.755 e. The molecule has 0 saturated carbocycles. The monoisotopic (exact) mass is 400 g/mol. The lowest BCUT2D eigenvalue weighted by molar-refractivity contribution is -0.141. The quantitative estimate of drug-likeness (QED) is 0.659. The molecule has 1 aromatic heterocycles. The molecule has 0 aliphatic carbocycles. The molecular weight excluding hydrogens is 391 g/mol. The van der Waals surface area contributed by atoms with Gasteiger partial charge in [-0.2, -0.15) is 18.3 Å². The third-order valence-corrected chi connectivity index (χ3v) is 4.11. The van der Waals surface area contributed by atoms with Crippen molar-refractivity contribution in [3.63, 3.8) is 0 Å². The highest BCUT2D eigenvalue weighted by Gasteiger charge is 2.35. The number of hydrogen-bond acceptors (Lipinski definition) is 3. The highest BCUT2D eigenvalue weighted by Crippen LogP contribution is 2.33. The fraction of sp³-hybridized carbons (Fsp3) is 0.0625. The maximum absolute atomic E-state index is 13.1. The van der Waals surface area contributed by atoms with Crippen LogP contribution in [0.2, 0.25) is 5.02 Å². The molecule has 0 bridgehead atoms. The molecule has 1 heterocycles. The molecule has 3 aromatic rings. The van der Waals surface area contributed by atoms with Gasteiger partial charge in [-0.3, -0.25) is 4.21 Å². The van der Waals surface area contributed by atoms with Crippen LogP contribution >= 0.6 is 11.6 Å². The van der Waals surface area contributed by atoms with Gasteiger partial charge in [0.1, 0.15) is 0 Å². The number of nitrogens with one attached hydrogen (secondary N) is 1. The zero-order chi connectivity index (χ0) is 18.9. The molecule has 0 fully saturated rings. The predicted molar refractivity (Wildman–Crippen MR) is 91.6 cm³/mol. The molecule has 0 radical (unpaired) electrons. The Morgan fingerprint density at radius 2 is 1.69 bits per heavy atom. The van der Waals surface area contributed by atoms with Crippen LogP contribution in [0.25, 0.3) is 16.9 Å². The summed E-state index contributed by atoms with van der Waals surface area (Å²) in [6, 6.07) is 13.0. The first kappa shape index (κ1) is 18.4. The highest BCUT2D eigenvalue weighted by atomic mass is 35.5. The number of anilines is 1. The van der Waals surface area contributed by atoms with Gasteiger partial charge >= 0.3 is 6.18 Å². The van der Waals surface area contributed by atoms with Crippen LogP contribution in [-0.4, -0.2) is 18.5 Å². The van der Waals surface area contributed by atoms with Gasteiger partial charge in [0.15, 0.2) is 5.69 Å². The number of halogens is 4. The van der Waals surface area contributed by atoms with E-state index in [1.807, 2.05) is 0 Å². The average Bonchev–Trinajstić information content (AvgIpc) is 3.01. The standard InChI is InChI=1S/C16H11ClF3N3O2S/c17-11-3-1-10(2-4-11)14-9-15(16(18,19)20)21-23(14)13-7-5-12(6-8-13)22-26(24)25/h1-9,22H,(H,24,25)/p-1. The summed E-state index contributed by atoms with van der Waals surface area (Å²) in [6.45, 7) is 0. The van der Waals surface area contributed by atoms with E-state index in [2.05, 4.69) is 9.82 Å². The molecule has 0 amide bonds. The molecular formula is C16H10ClF3N3O2S-. The van der Waals surface area contributed by atoms with Gasteiger partial charge in [-0.15, -0.1) is 0 Å². The second-order valence-corrected chi connectivity index (χ2v) is 6.32. The van der Waals surface area contributed by atoms with Gasteiger partial charge in [-0.05, 0) is 42.5 Å². The van der Waals surface area contributed by atoms with Gasteiger partial charge in [-0.25, -0.2) is 4.68 Å². The Morgan fingerprint density at radius 1 is 1.08 bits per heavy atom. The van der Waals surface area contributed by atoms with E-state index in [0.29, 0.717) is 16.3 Å². The Kier molecular flexibility index (Phi) is 5.03. The van der Waals surface area contributed by atoms with Crippen molar-refractivity contribution in [3.8, 4) is 16.9 Å². The number of hydrogen-bond donors (Lipinski definition) is 1.